The Balaban J connectivity index is 1.87. The Hall–Kier alpha value is -1.35. The number of H-pyrrole nitrogens is 1. The zero-order valence-electron chi connectivity index (χ0n) is 7.96. The summed E-state index contributed by atoms with van der Waals surface area (Å²) in [6, 6.07) is 4.86. The van der Waals surface area contributed by atoms with Gasteiger partial charge in [0, 0.05) is 30.4 Å². The summed E-state index contributed by atoms with van der Waals surface area (Å²) in [7, 11) is 0. The minimum absolute atomic E-state index is 0.761. The Labute approximate surface area is 82.5 Å². The van der Waals surface area contributed by atoms with Crippen molar-refractivity contribution in [3.63, 3.8) is 0 Å². The molecule has 0 aliphatic heterocycles. The molecule has 1 aliphatic carbocycles. The number of fused-ring (bicyclic) bond motifs is 1. The Morgan fingerprint density at radius 3 is 3.29 bits per heavy atom. The highest BCUT2D eigenvalue weighted by Crippen LogP contribution is 2.21. The van der Waals surface area contributed by atoms with Crippen LogP contribution in [-0.4, -0.2) is 16.0 Å². The Morgan fingerprint density at radius 2 is 2.43 bits per heavy atom. The molecule has 1 fully saturated rings. The number of nitrogens with zero attached hydrogens (tertiary/aromatic N) is 1. The van der Waals surface area contributed by atoms with Crippen LogP contribution in [0, 0.1) is 0 Å². The molecule has 3 heteroatoms. The number of hydrogen-bond acceptors (Lipinski definition) is 2. The lowest BCUT2D eigenvalue weighted by Crippen LogP contribution is -2.14. The number of nitrogens with one attached hydrogen (secondary N) is 2. The molecule has 0 atom stereocenters. The molecule has 0 radical (unpaired) electrons. The van der Waals surface area contributed by atoms with Gasteiger partial charge in [0.05, 0.1) is 0 Å². The third-order valence-corrected chi connectivity index (χ3v) is 2.70. The second-order valence-corrected chi connectivity index (χ2v) is 3.87. The van der Waals surface area contributed by atoms with E-state index in [1.54, 1.807) is 0 Å². The fraction of sp³-hybridized carbons (Fsp3) is 0.364. The van der Waals surface area contributed by atoms with E-state index in [0.717, 1.165) is 18.2 Å². The van der Waals surface area contributed by atoms with Crippen molar-refractivity contribution in [2.45, 2.75) is 25.4 Å². The lowest BCUT2D eigenvalue weighted by Gasteiger charge is -1.99. The van der Waals surface area contributed by atoms with Crippen molar-refractivity contribution in [2.24, 2.45) is 0 Å². The largest absolute Gasteiger partial charge is 0.346 e. The standard InChI is InChI=1S/C11H13N3/c1-2-10-8(6-13-9-3-4-9)7-14-11(10)12-5-1/h1-2,5,7,9,13H,3-4,6H2,(H,12,14). The summed E-state index contributed by atoms with van der Waals surface area (Å²) >= 11 is 0. The molecular weight excluding hydrogens is 174 g/mol. The van der Waals surface area contributed by atoms with Crippen molar-refractivity contribution < 1.29 is 0 Å². The van der Waals surface area contributed by atoms with E-state index in [-0.39, 0.29) is 0 Å². The monoisotopic (exact) mass is 187 g/mol. The molecule has 14 heavy (non-hydrogen) atoms. The van der Waals surface area contributed by atoms with Gasteiger partial charge in [0.1, 0.15) is 5.65 Å². The van der Waals surface area contributed by atoms with Crippen LogP contribution in [0.5, 0.6) is 0 Å². The number of rotatable bonds is 3. The van der Waals surface area contributed by atoms with Crippen LogP contribution in [0.2, 0.25) is 0 Å². The zero-order chi connectivity index (χ0) is 9.38. The summed E-state index contributed by atoms with van der Waals surface area (Å²) < 4.78 is 0. The first-order valence-electron chi connectivity index (χ1n) is 5.08. The fourth-order valence-electron chi connectivity index (χ4n) is 1.70. The summed E-state index contributed by atoms with van der Waals surface area (Å²) in [5, 5.41) is 4.74. The number of hydrogen-bond donors (Lipinski definition) is 2. The van der Waals surface area contributed by atoms with E-state index < -0.39 is 0 Å². The molecule has 2 aromatic heterocycles. The molecule has 1 saturated carbocycles. The van der Waals surface area contributed by atoms with Gasteiger partial charge in [0.15, 0.2) is 0 Å². The van der Waals surface area contributed by atoms with Crippen molar-refractivity contribution in [1.29, 1.82) is 0 Å². The van der Waals surface area contributed by atoms with Crippen LogP contribution >= 0.6 is 0 Å². The molecule has 0 bridgehead atoms. The van der Waals surface area contributed by atoms with Crippen LogP contribution in [0.4, 0.5) is 0 Å². The normalized spacial score (nSPS) is 16.3. The minimum atomic E-state index is 0.761. The highest BCUT2D eigenvalue weighted by atomic mass is 14.9. The number of aromatic nitrogens is 2. The van der Waals surface area contributed by atoms with E-state index in [1.807, 2.05) is 18.5 Å². The average molecular weight is 187 g/mol. The molecule has 3 rings (SSSR count). The Bertz CT molecular complexity index is 442. The van der Waals surface area contributed by atoms with Gasteiger partial charge < -0.3 is 10.3 Å². The van der Waals surface area contributed by atoms with Crippen molar-refractivity contribution in [2.75, 3.05) is 0 Å². The highest BCUT2D eigenvalue weighted by molar-refractivity contribution is 5.79. The molecule has 0 spiro atoms. The van der Waals surface area contributed by atoms with Gasteiger partial charge in [-0.3, -0.25) is 0 Å². The van der Waals surface area contributed by atoms with Gasteiger partial charge in [-0.15, -0.1) is 0 Å². The van der Waals surface area contributed by atoms with Crippen LogP contribution in [-0.2, 0) is 6.54 Å². The molecule has 0 unspecified atom stereocenters. The quantitative estimate of drug-likeness (QED) is 0.769. The average Bonchev–Trinajstić information content (AvgIpc) is 2.96. The first-order chi connectivity index (χ1) is 6.93. The molecule has 2 N–H and O–H groups in total. The SMILES string of the molecule is c1cnc2[nH]cc(CNC3CC3)c2c1. The van der Waals surface area contributed by atoms with E-state index in [2.05, 4.69) is 21.4 Å². The molecular formula is C11H13N3. The second kappa shape index (κ2) is 3.10. The molecule has 1 aliphatic rings. The Kier molecular flexibility index (Phi) is 1.77. The molecule has 0 aromatic carbocycles. The van der Waals surface area contributed by atoms with Gasteiger partial charge in [0.25, 0.3) is 0 Å². The fourth-order valence-corrected chi connectivity index (χ4v) is 1.70. The maximum atomic E-state index is 4.26. The van der Waals surface area contributed by atoms with Crippen molar-refractivity contribution in [3.8, 4) is 0 Å². The molecule has 0 saturated heterocycles. The smallest absolute Gasteiger partial charge is 0.137 e. The highest BCUT2D eigenvalue weighted by Gasteiger charge is 2.20. The van der Waals surface area contributed by atoms with Crippen molar-refractivity contribution >= 4 is 11.0 Å². The summed E-state index contributed by atoms with van der Waals surface area (Å²) in [6.45, 7) is 0.955. The molecule has 72 valence electrons. The van der Waals surface area contributed by atoms with Gasteiger partial charge in [-0.25, -0.2) is 4.98 Å². The predicted octanol–water partition coefficient (Wildman–Crippen LogP) is 1.81. The summed E-state index contributed by atoms with van der Waals surface area (Å²) in [5.41, 5.74) is 2.31. The van der Waals surface area contributed by atoms with Crippen LogP contribution in [0.3, 0.4) is 0 Å². The van der Waals surface area contributed by atoms with Crippen LogP contribution < -0.4 is 5.32 Å². The summed E-state index contributed by atoms with van der Waals surface area (Å²) in [5.74, 6) is 0. The lowest BCUT2D eigenvalue weighted by molar-refractivity contribution is 0.691. The predicted molar refractivity (Wildman–Crippen MR) is 56.0 cm³/mol. The summed E-state index contributed by atoms with van der Waals surface area (Å²) in [6.07, 6.45) is 6.53. The molecule has 3 nitrogen and oxygen atoms in total. The van der Waals surface area contributed by atoms with Gasteiger partial charge in [-0.05, 0) is 30.5 Å². The molecule has 0 amide bonds. The van der Waals surface area contributed by atoms with Crippen molar-refractivity contribution in [1.82, 2.24) is 15.3 Å². The zero-order valence-corrected chi connectivity index (χ0v) is 7.96. The van der Waals surface area contributed by atoms with Gasteiger partial charge in [-0.1, -0.05) is 0 Å². The van der Waals surface area contributed by atoms with E-state index >= 15 is 0 Å². The molecule has 2 aromatic rings. The van der Waals surface area contributed by atoms with Crippen LogP contribution in [0.1, 0.15) is 18.4 Å². The third kappa shape index (κ3) is 1.40. The number of aromatic amines is 1. The maximum Gasteiger partial charge on any atom is 0.137 e. The van der Waals surface area contributed by atoms with Gasteiger partial charge >= 0.3 is 0 Å². The Morgan fingerprint density at radius 1 is 1.50 bits per heavy atom. The molecule has 2 heterocycles. The lowest BCUT2D eigenvalue weighted by atomic mass is 10.2. The van der Waals surface area contributed by atoms with E-state index in [9.17, 15) is 0 Å². The maximum absolute atomic E-state index is 4.26. The second-order valence-electron chi connectivity index (χ2n) is 3.87. The van der Waals surface area contributed by atoms with Crippen LogP contribution in [0.15, 0.2) is 24.5 Å². The van der Waals surface area contributed by atoms with Gasteiger partial charge in [-0.2, -0.15) is 0 Å². The topological polar surface area (TPSA) is 40.7 Å². The minimum Gasteiger partial charge on any atom is -0.346 e. The van der Waals surface area contributed by atoms with E-state index in [4.69, 9.17) is 0 Å². The summed E-state index contributed by atoms with van der Waals surface area (Å²) in [4.78, 5) is 7.44. The van der Waals surface area contributed by atoms with Crippen LogP contribution in [0.25, 0.3) is 11.0 Å². The van der Waals surface area contributed by atoms with E-state index in [0.29, 0.717) is 0 Å². The third-order valence-electron chi connectivity index (χ3n) is 2.70. The first kappa shape index (κ1) is 8.00. The first-order valence-corrected chi connectivity index (χ1v) is 5.08. The van der Waals surface area contributed by atoms with Gasteiger partial charge in [0.2, 0.25) is 0 Å². The van der Waals surface area contributed by atoms with Crippen molar-refractivity contribution in [3.05, 3.63) is 30.1 Å². The number of pyridine rings is 1. The van der Waals surface area contributed by atoms with E-state index in [1.165, 1.54) is 23.8 Å².